The second-order valence-electron chi connectivity index (χ2n) is 4.82. The smallest absolute Gasteiger partial charge is 0.208 e. The number of phenols is 1. The van der Waals surface area contributed by atoms with E-state index in [0.717, 1.165) is 32.1 Å². The molecule has 1 aromatic rings. The summed E-state index contributed by atoms with van der Waals surface area (Å²) >= 11 is 3.15. The lowest BCUT2D eigenvalue weighted by Gasteiger charge is -2.35. The van der Waals surface area contributed by atoms with E-state index in [2.05, 4.69) is 15.9 Å². The number of ether oxygens (including phenoxy) is 1. The summed E-state index contributed by atoms with van der Waals surface area (Å²) in [5, 5.41) is 9.58. The van der Waals surface area contributed by atoms with Gasteiger partial charge in [0.25, 0.3) is 0 Å². The zero-order valence-electron chi connectivity index (χ0n) is 10.3. The fraction of sp³-hybridized carbons (Fsp3) is 0.538. The van der Waals surface area contributed by atoms with Crippen molar-refractivity contribution in [1.82, 2.24) is 0 Å². The molecule has 0 aromatic heterocycles. The lowest BCUT2D eigenvalue weighted by molar-refractivity contribution is 0.281. The number of hydrogen-bond acceptors (Lipinski definition) is 3. The lowest BCUT2D eigenvalue weighted by Crippen LogP contribution is -2.39. The minimum Gasteiger partial charge on any atom is -0.504 e. The van der Waals surface area contributed by atoms with Crippen LogP contribution in [-0.2, 0) is 5.54 Å². The molecule has 1 saturated carbocycles. The molecule has 1 aromatic carbocycles. The molecule has 0 atom stereocenters. The molecular formula is C13H17BrFNO2. The van der Waals surface area contributed by atoms with Crippen LogP contribution in [0.1, 0.15) is 37.7 Å². The monoisotopic (exact) mass is 317 g/mol. The molecule has 5 heteroatoms. The Morgan fingerprint density at radius 3 is 2.56 bits per heavy atom. The van der Waals surface area contributed by atoms with Gasteiger partial charge in [-0.1, -0.05) is 19.3 Å². The fourth-order valence-electron chi connectivity index (χ4n) is 2.61. The maximum absolute atomic E-state index is 14.0. The predicted molar refractivity (Wildman–Crippen MR) is 71.3 cm³/mol. The molecule has 0 radical (unpaired) electrons. The van der Waals surface area contributed by atoms with Crippen LogP contribution in [0.15, 0.2) is 10.5 Å². The van der Waals surface area contributed by atoms with E-state index in [-0.39, 0.29) is 5.75 Å². The number of phenolic OH excluding ortho intramolecular Hbond substituents is 1. The second-order valence-corrected chi connectivity index (χ2v) is 5.67. The number of halogens is 2. The number of nitrogens with two attached hydrogens (primary N) is 1. The van der Waals surface area contributed by atoms with Crippen LogP contribution in [0.25, 0.3) is 0 Å². The average Bonchev–Trinajstić information content (AvgIpc) is 2.36. The average molecular weight is 318 g/mol. The van der Waals surface area contributed by atoms with E-state index >= 15 is 0 Å². The van der Waals surface area contributed by atoms with Crippen LogP contribution in [-0.4, -0.2) is 12.2 Å². The standard InChI is InChI=1S/C13H17BrFNO2/c1-18-12-8(7-9(14)11(17)10(12)15)13(16)5-3-2-4-6-13/h7,17H,2-6,16H2,1H3. The van der Waals surface area contributed by atoms with Gasteiger partial charge in [-0.2, -0.15) is 4.39 Å². The third-order valence-corrected chi connectivity index (χ3v) is 4.24. The van der Waals surface area contributed by atoms with Crippen molar-refractivity contribution in [3.63, 3.8) is 0 Å². The highest BCUT2D eigenvalue weighted by Gasteiger charge is 2.34. The summed E-state index contributed by atoms with van der Waals surface area (Å²) in [4.78, 5) is 0. The Bertz CT molecular complexity index is 459. The first-order valence-electron chi connectivity index (χ1n) is 6.04. The summed E-state index contributed by atoms with van der Waals surface area (Å²) in [7, 11) is 1.39. The normalized spacial score (nSPS) is 18.7. The minimum atomic E-state index is -0.753. The van der Waals surface area contributed by atoms with Gasteiger partial charge in [-0.25, -0.2) is 0 Å². The van der Waals surface area contributed by atoms with Crippen LogP contribution in [0.4, 0.5) is 4.39 Å². The Balaban J connectivity index is 2.55. The summed E-state index contributed by atoms with van der Waals surface area (Å²) in [5.41, 5.74) is 6.46. The maximum atomic E-state index is 14.0. The van der Waals surface area contributed by atoms with E-state index < -0.39 is 17.1 Å². The molecule has 1 aliphatic rings. The highest BCUT2D eigenvalue weighted by molar-refractivity contribution is 9.10. The molecule has 1 fully saturated rings. The third-order valence-electron chi connectivity index (χ3n) is 3.64. The molecule has 0 unspecified atom stereocenters. The van der Waals surface area contributed by atoms with Gasteiger partial charge in [0.1, 0.15) is 0 Å². The zero-order valence-corrected chi connectivity index (χ0v) is 11.9. The summed E-state index contributed by atoms with van der Waals surface area (Å²) in [6, 6.07) is 1.67. The van der Waals surface area contributed by atoms with E-state index in [1.165, 1.54) is 7.11 Å². The molecule has 3 nitrogen and oxygen atoms in total. The minimum absolute atomic E-state index is 0.0556. The lowest BCUT2D eigenvalue weighted by atomic mass is 9.77. The van der Waals surface area contributed by atoms with Gasteiger partial charge in [-0.05, 0) is 34.8 Å². The summed E-state index contributed by atoms with van der Waals surface area (Å²) in [5.74, 6) is -1.13. The Morgan fingerprint density at radius 2 is 2.00 bits per heavy atom. The fourth-order valence-corrected chi connectivity index (χ4v) is 3.02. The number of aromatic hydroxyl groups is 1. The molecule has 1 aliphatic carbocycles. The van der Waals surface area contributed by atoms with Gasteiger partial charge in [0.05, 0.1) is 11.6 Å². The first kappa shape index (κ1) is 13.6. The first-order chi connectivity index (χ1) is 8.49. The van der Waals surface area contributed by atoms with Crippen LogP contribution in [0.5, 0.6) is 11.5 Å². The quantitative estimate of drug-likeness (QED) is 0.878. The number of methoxy groups -OCH3 is 1. The third kappa shape index (κ3) is 2.21. The molecule has 0 heterocycles. The highest BCUT2D eigenvalue weighted by Crippen LogP contribution is 2.44. The van der Waals surface area contributed by atoms with Crippen LogP contribution >= 0.6 is 15.9 Å². The molecule has 0 saturated heterocycles. The SMILES string of the molecule is COc1c(C2(N)CCCCC2)cc(Br)c(O)c1F. The largest absolute Gasteiger partial charge is 0.504 e. The van der Waals surface area contributed by atoms with Gasteiger partial charge in [-0.15, -0.1) is 0 Å². The van der Waals surface area contributed by atoms with Gasteiger partial charge in [0.2, 0.25) is 5.82 Å². The van der Waals surface area contributed by atoms with E-state index in [4.69, 9.17) is 10.5 Å². The van der Waals surface area contributed by atoms with E-state index in [1.54, 1.807) is 6.07 Å². The number of hydrogen-bond donors (Lipinski definition) is 2. The van der Waals surface area contributed by atoms with E-state index in [1.807, 2.05) is 0 Å². The van der Waals surface area contributed by atoms with Crippen molar-refractivity contribution in [3.8, 4) is 11.5 Å². The van der Waals surface area contributed by atoms with Gasteiger partial charge >= 0.3 is 0 Å². The zero-order chi connectivity index (χ0) is 13.3. The predicted octanol–water partition coefficient (Wildman–Crippen LogP) is 3.42. The van der Waals surface area contributed by atoms with Crippen LogP contribution in [0.2, 0.25) is 0 Å². The Kier molecular flexibility index (Phi) is 3.82. The number of benzene rings is 1. The van der Waals surface area contributed by atoms with Gasteiger partial charge in [0, 0.05) is 11.1 Å². The molecule has 0 spiro atoms. The molecule has 3 N–H and O–H groups in total. The van der Waals surface area contributed by atoms with Gasteiger partial charge in [0.15, 0.2) is 11.5 Å². The molecule has 0 bridgehead atoms. The summed E-state index contributed by atoms with van der Waals surface area (Å²) in [6.07, 6.45) is 4.82. The van der Waals surface area contributed by atoms with E-state index in [9.17, 15) is 9.50 Å². The van der Waals surface area contributed by atoms with Crippen molar-refractivity contribution in [3.05, 3.63) is 21.9 Å². The topological polar surface area (TPSA) is 55.5 Å². The molecule has 0 amide bonds. The summed E-state index contributed by atoms with van der Waals surface area (Å²) < 4.78 is 19.4. The van der Waals surface area contributed by atoms with Gasteiger partial charge in [-0.3, -0.25) is 0 Å². The molecular weight excluding hydrogens is 301 g/mol. The Labute approximate surface area is 114 Å². The maximum Gasteiger partial charge on any atom is 0.208 e. The highest BCUT2D eigenvalue weighted by atomic mass is 79.9. The summed E-state index contributed by atoms with van der Waals surface area (Å²) in [6.45, 7) is 0. The Hall–Kier alpha value is -0.810. The van der Waals surface area contributed by atoms with Crippen molar-refractivity contribution in [2.75, 3.05) is 7.11 Å². The molecule has 0 aliphatic heterocycles. The van der Waals surface area contributed by atoms with Crippen molar-refractivity contribution in [2.24, 2.45) is 5.73 Å². The van der Waals surface area contributed by atoms with Crippen molar-refractivity contribution < 1.29 is 14.2 Å². The molecule has 100 valence electrons. The van der Waals surface area contributed by atoms with Crippen molar-refractivity contribution in [2.45, 2.75) is 37.6 Å². The molecule has 18 heavy (non-hydrogen) atoms. The number of rotatable bonds is 2. The Morgan fingerprint density at radius 1 is 1.39 bits per heavy atom. The van der Waals surface area contributed by atoms with Crippen molar-refractivity contribution in [1.29, 1.82) is 0 Å². The first-order valence-corrected chi connectivity index (χ1v) is 6.83. The van der Waals surface area contributed by atoms with Gasteiger partial charge < -0.3 is 15.6 Å². The van der Waals surface area contributed by atoms with Crippen LogP contribution in [0.3, 0.4) is 0 Å². The molecule has 2 rings (SSSR count). The van der Waals surface area contributed by atoms with Crippen LogP contribution in [0, 0.1) is 5.82 Å². The second kappa shape index (κ2) is 5.05. The van der Waals surface area contributed by atoms with Crippen molar-refractivity contribution >= 4 is 15.9 Å². The van der Waals surface area contributed by atoms with Crippen LogP contribution < -0.4 is 10.5 Å². The van der Waals surface area contributed by atoms with E-state index in [0.29, 0.717) is 10.0 Å².